The Kier molecular flexibility index (Phi) is 3.05. The number of nitro groups is 1. The van der Waals surface area contributed by atoms with Gasteiger partial charge >= 0.3 is 5.82 Å². The van der Waals surface area contributed by atoms with Gasteiger partial charge in [0, 0.05) is 12.7 Å². The molecule has 1 aromatic carbocycles. The molecular weight excluding hydrogens is 236 g/mol. The van der Waals surface area contributed by atoms with E-state index in [1.807, 2.05) is 6.07 Å². The predicted molar refractivity (Wildman–Crippen MR) is 64.3 cm³/mol. The van der Waals surface area contributed by atoms with Gasteiger partial charge in [0.25, 0.3) is 5.91 Å². The second-order valence-electron chi connectivity index (χ2n) is 3.60. The Morgan fingerprint density at radius 1 is 1.39 bits per heavy atom. The standard InChI is InChI=1S/C11H10N4O3/c1-14-7-12-10(15(17)18)9(14)11(16)13-8-5-3-2-4-6-8/h2-7H,1H3,(H,13,16). The maximum atomic E-state index is 11.9. The molecule has 0 unspecified atom stereocenters. The zero-order valence-corrected chi connectivity index (χ0v) is 9.53. The minimum absolute atomic E-state index is 0.0798. The van der Waals surface area contributed by atoms with Crippen molar-refractivity contribution in [3.05, 3.63) is 52.5 Å². The maximum absolute atomic E-state index is 11.9. The van der Waals surface area contributed by atoms with Crippen LogP contribution in [0.2, 0.25) is 0 Å². The summed E-state index contributed by atoms with van der Waals surface area (Å²) in [5.74, 6) is -1.01. The molecule has 1 heterocycles. The van der Waals surface area contributed by atoms with Crippen molar-refractivity contribution in [1.82, 2.24) is 9.55 Å². The molecule has 7 nitrogen and oxygen atoms in total. The number of aromatic nitrogens is 2. The summed E-state index contributed by atoms with van der Waals surface area (Å²) in [6, 6.07) is 8.71. The van der Waals surface area contributed by atoms with Crippen LogP contribution in [0.4, 0.5) is 11.5 Å². The number of carbonyl (C=O) groups is 1. The lowest BCUT2D eigenvalue weighted by molar-refractivity contribution is -0.389. The quantitative estimate of drug-likeness (QED) is 0.657. The van der Waals surface area contributed by atoms with Gasteiger partial charge in [0.05, 0.1) is 0 Å². The van der Waals surface area contributed by atoms with Crippen LogP contribution in [0.15, 0.2) is 36.7 Å². The van der Waals surface area contributed by atoms with Gasteiger partial charge in [-0.25, -0.2) is 0 Å². The van der Waals surface area contributed by atoms with Gasteiger partial charge in [0.1, 0.15) is 0 Å². The van der Waals surface area contributed by atoms with E-state index < -0.39 is 16.6 Å². The Morgan fingerprint density at radius 3 is 2.67 bits per heavy atom. The molecule has 2 rings (SSSR count). The van der Waals surface area contributed by atoms with Crippen LogP contribution in [0.3, 0.4) is 0 Å². The van der Waals surface area contributed by atoms with E-state index in [1.165, 1.54) is 17.9 Å². The third kappa shape index (κ3) is 2.19. The molecule has 0 saturated carbocycles. The highest BCUT2D eigenvalue weighted by Gasteiger charge is 2.26. The van der Waals surface area contributed by atoms with Gasteiger partial charge in [0.15, 0.2) is 0 Å². The Balaban J connectivity index is 2.29. The van der Waals surface area contributed by atoms with Crippen molar-refractivity contribution in [2.45, 2.75) is 0 Å². The van der Waals surface area contributed by atoms with E-state index in [0.29, 0.717) is 5.69 Å². The van der Waals surface area contributed by atoms with Crippen molar-refractivity contribution in [2.24, 2.45) is 7.05 Å². The average molecular weight is 246 g/mol. The lowest BCUT2D eigenvalue weighted by atomic mass is 10.3. The van der Waals surface area contributed by atoms with Gasteiger partial charge in [-0.2, -0.15) is 0 Å². The molecule has 0 radical (unpaired) electrons. The van der Waals surface area contributed by atoms with Crippen LogP contribution in [0.25, 0.3) is 0 Å². The molecule has 0 spiro atoms. The highest BCUT2D eigenvalue weighted by molar-refractivity contribution is 6.05. The summed E-state index contributed by atoms with van der Waals surface area (Å²) in [4.78, 5) is 25.6. The second kappa shape index (κ2) is 4.66. The zero-order chi connectivity index (χ0) is 13.1. The SMILES string of the molecule is Cn1cnc([N+](=O)[O-])c1C(=O)Nc1ccccc1. The van der Waals surface area contributed by atoms with Gasteiger partial charge < -0.3 is 20.0 Å². The Bertz CT molecular complexity index is 592. The van der Waals surface area contributed by atoms with Crippen LogP contribution in [0.5, 0.6) is 0 Å². The lowest BCUT2D eigenvalue weighted by Crippen LogP contribution is -2.17. The third-order valence-corrected chi connectivity index (χ3v) is 2.34. The fourth-order valence-electron chi connectivity index (χ4n) is 1.53. The van der Waals surface area contributed by atoms with E-state index in [9.17, 15) is 14.9 Å². The van der Waals surface area contributed by atoms with E-state index in [1.54, 1.807) is 24.3 Å². The minimum atomic E-state index is -0.681. The van der Waals surface area contributed by atoms with Gasteiger partial charge in [-0.1, -0.05) is 18.2 Å². The molecule has 0 saturated heterocycles. The summed E-state index contributed by atoms with van der Waals surface area (Å²) in [5, 5.41) is 13.3. The molecule has 0 atom stereocenters. The molecule has 1 amide bonds. The Hall–Kier alpha value is -2.70. The fourth-order valence-corrected chi connectivity index (χ4v) is 1.53. The molecule has 2 aromatic rings. The first-order valence-corrected chi connectivity index (χ1v) is 5.11. The number of nitrogens with zero attached hydrogens (tertiary/aromatic N) is 3. The smallest absolute Gasteiger partial charge is 0.358 e. The summed E-state index contributed by atoms with van der Waals surface area (Å²) in [6.45, 7) is 0. The van der Waals surface area contributed by atoms with Crippen LogP contribution in [-0.4, -0.2) is 20.4 Å². The van der Waals surface area contributed by atoms with E-state index in [2.05, 4.69) is 10.3 Å². The van der Waals surface area contributed by atoms with Crippen LogP contribution < -0.4 is 5.32 Å². The van der Waals surface area contributed by atoms with Gasteiger partial charge in [-0.15, -0.1) is 0 Å². The predicted octanol–water partition coefficient (Wildman–Crippen LogP) is 1.58. The van der Waals surface area contributed by atoms with E-state index in [-0.39, 0.29) is 5.69 Å². The summed E-state index contributed by atoms with van der Waals surface area (Å²) in [5.41, 5.74) is 0.488. The lowest BCUT2D eigenvalue weighted by Gasteiger charge is -2.04. The highest BCUT2D eigenvalue weighted by Crippen LogP contribution is 2.17. The molecule has 7 heteroatoms. The summed E-state index contributed by atoms with van der Waals surface area (Å²) in [7, 11) is 1.53. The van der Waals surface area contributed by atoms with Crippen molar-refractivity contribution in [3.8, 4) is 0 Å². The summed E-state index contributed by atoms with van der Waals surface area (Å²) in [6.07, 6.45) is 1.23. The number of hydrogen-bond acceptors (Lipinski definition) is 4. The third-order valence-electron chi connectivity index (χ3n) is 2.34. The van der Waals surface area contributed by atoms with Crippen molar-refractivity contribution in [1.29, 1.82) is 0 Å². The van der Waals surface area contributed by atoms with Crippen molar-refractivity contribution < 1.29 is 9.72 Å². The van der Waals surface area contributed by atoms with Crippen molar-refractivity contribution >= 4 is 17.4 Å². The number of rotatable bonds is 3. The van der Waals surface area contributed by atoms with Crippen molar-refractivity contribution in [2.75, 3.05) is 5.32 Å². The Labute approximate surface area is 102 Å². The summed E-state index contributed by atoms with van der Waals surface area (Å²) >= 11 is 0. The number of hydrogen-bond donors (Lipinski definition) is 1. The molecule has 92 valence electrons. The molecule has 0 fully saturated rings. The van der Waals surface area contributed by atoms with Gasteiger partial charge in [-0.05, 0) is 22.0 Å². The van der Waals surface area contributed by atoms with E-state index >= 15 is 0 Å². The number of amides is 1. The molecular formula is C11H10N4O3. The Morgan fingerprint density at radius 2 is 2.06 bits per heavy atom. The second-order valence-corrected chi connectivity index (χ2v) is 3.60. The molecule has 0 aliphatic carbocycles. The minimum Gasteiger partial charge on any atom is -0.358 e. The molecule has 0 aliphatic heterocycles. The number of anilines is 1. The molecule has 1 aromatic heterocycles. The number of imidazole rings is 1. The van der Waals surface area contributed by atoms with Gasteiger partial charge in [-0.3, -0.25) is 4.79 Å². The van der Waals surface area contributed by atoms with Crippen LogP contribution in [0.1, 0.15) is 10.5 Å². The van der Waals surface area contributed by atoms with Gasteiger partial charge in [0.2, 0.25) is 12.0 Å². The van der Waals surface area contributed by atoms with Crippen LogP contribution in [-0.2, 0) is 7.05 Å². The first kappa shape index (κ1) is 11.8. The van der Waals surface area contributed by atoms with E-state index in [0.717, 1.165) is 0 Å². The van der Waals surface area contributed by atoms with E-state index in [4.69, 9.17) is 0 Å². The number of nitrogens with one attached hydrogen (secondary N) is 1. The largest absolute Gasteiger partial charge is 0.394 e. The van der Waals surface area contributed by atoms with Crippen LogP contribution in [0, 0.1) is 10.1 Å². The van der Waals surface area contributed by atoms with Crippen LogP contribution >= 0.6 is 0 Å². The number of carbonyl (C=O) groups excluding carboxylic acids is 1. The zero-order valence-electron chi connectivity index (χ0n) is 9.53. The van der Waals surface area contributed by atoms with Crippen molar-refractivity contribution in [3.63, 3.8) is 0 Å². The summed E-state index contributed by atoms with van der Waals surface area (Å²) < 4.78 is 1.32. The fraction of sp³-hybridized carbons (Fsp3) is 0.0909. The molecule has 1 N–H and O–H groups in total. The topological polar surface area (TPSA) is 90.1 Å². The number of benzene rings is 1. The highest BCUT2D eigenvalue weighted by atomic mass is 16.6. The maximum Gasteiger partial charge on any atom is 0.394 e. The monoisotopic (exact) mass is 246 g/mol. The molecule has 0 bridgehead atoms. The first-order chi connectivity index (χ1) is 8.59. The molecule has 18 heavy (non-hydrogen) atoms. The molecule has 0 aliphatic rings. The normalized spacial score (nSPS) is 10.1. The number of para-hydroxylation sites is 1. The number of aryl methyl sites for hydroxylation is 1. The first-order valence-electron chi connectivity index (χ1n) is 5.11. The average Bonchev–Trinajstić information content (AvgIpc) is 2.72.